The van der Waals surface area contributed by atoms with Gasteiger partial charge in [-0.25, -0.2) is 13.4 Å². The van der Waals surface area contributed by atoms with Gasteiger partial charge in [-0.15, -0.1) is 0 Å². The molecule has 3 fully saturated rings. The minimum Gasteiger partial charge on any atom is -0.439 e. The van der Waals surface area contributed by atoms with Crippen LogP contribution in [0.2, 0.25) is 0 Å². The van der Waals surface area contributed by atoms with Gasteiger partial charge in [0.05, 0.1) is 11.3 Å². The highest BCUT2D eigenvalue weighted by Crippen LogP contribution is 2.64. The van der Waals surface area contributed by atoms with Crippen molar-refractivity contribution < 1.29 is 30.8 Å². The van der Waals surface area contributed by atoms with E-state index in [0.717, 1.165) is 18.6 Å². The summed E-state index contributed by atoms with van der Waals surface area (Å²) in [4.78, 5) is 17.6. The van der Waals surface area contributed by atoms with E-state index >= 15 is 0 Å². The molecule has 0 radical (unpaired) electrons. The van der Waals surface area contributed by atoms with E-state index in [1.807, 2.05) is 13.8 Å². The van der Waals surface area contributed by atoms with Crippen LogP contribution in [0.5, 0.6) is 0 Å². The van der Waals surface area contributed by atoms with Gasteiger partial charge in [-0.1, -0.05) is 32.0 Å². The first-order chi connectivity index (χ1) is 17.8. The molecular formula is C28H29F3N2O4S. The topological polar surface area (TPSA) is 80.5 Å². The Morgan fingerprint density at radius 2 is 1.79 bits per heavy atom. The number of hydrogen-bond acceptors (Lipinski definition) is 5. The number of nitrogens with zero attached hydrogens (tertiary/aromatic N) is 2. The maximum atomic E-state index is 13.8. The maximum Gasteiger partial charge on any atom is 0.416 e. The standard InChI is InChI=1S/C28H29F3N2O4S/c1-26(2)20-11-12-27(26,24(34)15-20)16-38(35,36)33-13-3-4-22(33)25-32-21-14-18(7-10-23(21)37-25)17-5-8-19(9-6-17)28(29,30)31/h5-10,14,20,22H,3-4,11-13,15-16H2,1-2H3/t20?,22?,27-/m0/s1. The Labute approximate surface area is 219 Å². The van der Waals surface area contributed by atoms with E-state index in [0.29, 0.717) is 60.3 Å². The van der Waals surface area contributed by atoms with Crippen LogP contribution < -0.4 is 0 Å². The summed E-state index contributed by atoms with van der Waals surface area (Å²) in [5, 5.41) is 0. The van der Waals surface area contributed by atoms with Crippen LogP contribution in [0.4, 0.5) is 13.2 Å². The molecule has 1 aromatic heterocycles. The molecule has 10 heteroatoms. The number of carbonyl (C=O) groups excluding carboxylic acids is 1. The molecule has 0 spiro atoms. The second-order valence-electron chi connectivity index (χ2n) is 11.5. The maximum absolute atomic E-state index is 13.8. The fourth-order valence-corrected chi connectivity index (χ4v) is 9.40. The van der Waals surface area contributed by atoms with E-state index in [2.05, 4.69) is 4.98 Å². The largest absolute Gasteiger partial charge is 0.439 e. The highest BCUT2D eigenvalue weighted by atomic mass is 32.2. The Morgan fingerprint density at radius 3 is 2.42 bits per heavy atom. The Bertz CT molecular complexity index is 1530. The predicted octanol–water partition coefficient (Wildman–Crippen LogP) is 6.38. The Kier molecular flexibility index (Phi) is 5.64. The van der Waals surface area contributed by atoms with Gasteiger partial charge in [0.25, 0.3) is 0 Å². The van der Waals surface area contributed by atoms with Gasteiger partial charge in [-0.05, 0) is 72.4 Å². The molecule has 0 N–H and O–H groups in total. The molecule has 2 aromatic carbocycles. The van der Waals surface area contributed by atoms with E-state index in [-0.39, 0.29) is 22.9 Å². The van der Waals surface area contributed by atoms with Gasteiger partial charge in [0.1, 0.15) is 17.3 Å². The Balaban J connectivity index is 1.28. The number of sulfonamides is 1. The lowest BCUT2D eigenvalue weighted by atomic mass is 9.70. The van der Waals surface area contributed by atoms with Gasteiger partial charge in [-0.2, -0.15) is 17.5 Å². The summed E-state index contributed by atoms with van der Waals surface area (Å²) in [7, 11) is -3.77. The monoisotopic (exact) mass is 546 g/mol. The minimum absolute atomic E-state index is 0.0655. The van der Waals surface area contributed by atoms with Crippen molar-refractivity contribution in [2.24, 2.45) is 16.7 Å². The average molecular weight is 547 g/mol. The molecular weight excluding hydrogens is 517 g/mol. The van der Waals surface area contributed by atoms with Crippen LogP contribution in [0.1, 0.15) is 63.4 Å². The van der Waals surface area contributed by atoms with Crippen molar-refractivity contribution in [1.29, 1.82) is 0 Å². The fourth-order valence-electron chi connectivity index (χ4n) is 6.94. The zero-order valence-electron chi connectivity index (χ0n) is 21.2. The van der Waals surface area contributed by atoms with Crippen molar-refractivity contribution in [3.05, 3.63) is 53.9 Å². The van der Waals surface area contributed by atoms with Crippen molar-refractivity contribution in [2.75, 3.05) is 12.3 Å². The van der Waals surface area contributed by atoms with Crippen LogP contribution in [-0.2, 0) is 21.0 Å². The second-order valence-corrected chi connectivity index (χ2v) is 13.4. The van der Waals surface area contributed by atoms with Crippen LogP contribution in [0.15, 0.2) is 46.9 Å². The van der Waals surface area contributed by atoms with Crippen molar-refractivity contribution in [3.8, 4) is 11.1 Å². The molecule has 2 aliphatic carbocycles. The van der Waals surface area contributed by atoms with Gasteiger partial charge < -0.3 is 4.42 Å². The lowest BCUT2D eigenvalue weighted by molar-refractivity contribution is -0.137. The van der Waals surface area contributed by atoms with Crippen molar-refractivity contribution in [2.45, 2.75) is 58.2 Å². The summed E-state index contributed by atoms with van der Waals surface area (Å²) >= 11 is 0. The summed E-state index contributed by atoms with van der Waals surface area (Å²) in [6.45, 7) is 4.40. The number of aromatic nitrogens is 1. The summed E-state index contributed by atoms with van der Waals surface area (Å²) in [5.41, 5.74) is 0.353. The number of carbonyl (C=O) groups is 1. The second kappa shape index (κ2) is 8.39. The van der Waals surface area contributed by atoms with Crippen molar-refractivity contribution in [3.63, 3.8) is 0 Å². The molecule has 2 heterocycles. The van der Waals surface area contributed by atoms with Gasteiger partial charge in [-0.3, -0.25) is 4.79 Å². The molecule has 3 aliphatic rings. The fraction of sp³-hybridized carbons (Fsp3) is 0.500. The van der Waals surface area contributed by atoms with Crippen LogP contribution in [0, 0.1) is 16.7 Å². The normalized spacial score (nSPS) is 27.6. The molecule has 2 bridgehead atoms. The SMILES string of the molecule is CC1(C)C2CC[C@]1(CS(=O)(=O)N1CCCC1c1nc3cc(-c4ccc(C(F)(F)F)cc4)ccc3o1)C(=O)C2. The molecule has 2 saturated carbocycles. The number of oxazole rings is 1. The van der Waals surface area contributed by atoms with Gasteiger partial charge in [0.2, 0.25) is 15.9 Å². The Hall–Kier alpha value is -2.72. The molecule has 3 atom stereocenters. The number of halogens is 3. The molecule has 38 heavy (non-hydrogen) atoms. The van der Waals surface area contributed by atoms with E-state index in [1.165, 1.54) is 16.4 Å². The van der Waals surface area contributed by atoms with E-state index in [4.69, 9.17) is 4.42 Å². The lowest BCUT2D eigenvalue weighted by Crippen LogP contribution is -2.46. The highest BCUT2D eigenvalue weighted by Gasteiger charge is 2.66. The molecule has 1 aliphatic heterocycles. The summed E-state index contributed by atoms with van der Waals surface area (Å²) in [6, 6.07) is 9.51. The smallest absolute Gasteiger partial charge is 0.416 e. The van der Waals surface area contributed by atoms with Gasteiger partial charge >= 0.3 is 6.18 Å². The number of fused-ring (bicyclic) bond motifs is 3. The molecule has 1 saturated heterocycles. The molecule has 202 valence electrons. The third-order valence-corrected chi connectivity index (χ3v) is 11.4. The third-order valence-electron chi connectivity index (χ3n) is 9.36. The minimum atomic E-state index is -4.41. The van der Waals surface area contributed by atoms with Crippen LogP contribution >= 0.6 is 0 Å². The highest BCUT2D eigenvalue weighted by molar-refractivity contribution is 7.89. The molecule has 6 rings (SSSR count). The molecule has 6 nitrogen and oxygen atoms in total. The predicted molar refractivity (Wildman–Crippen MR) is 135 cm³/mol. The summed E-state index contributed by atoms with van der Waals surface area (Å²) < 4.78 is 73.8. The summed E-state index contributed by atoms with van der Waals surface area (Å²) in [5.74, 6) is 0.410. The van der Waals surface area contributed by atoms with E-state index in [1.54, 1.807) is 18.2 Å². The van der Waals surface area contributed by atoms with E-state index in [9.17, 15) is 26.4 Å². The van der Waals surface area contributed by atoms with E-state index < -0.39 is 33.2 Å². The number of benzene rings is 2. The lowest BCUT2D eigenvalue weighted by Gasteiger charge is -2.37. The number of hydrogen-bond donors (Lipinski definition) is 0. The number of rotatable bonds is 5. The molecule has 3 aromatic rings. The first-order valence-corrected chi connectivity index (χ1v) is 14.5. The quantitative estimate of drug-likeness (QED) is 0.371. The third kappa shape index (κ3) is 3.82. The van der Waals surface area contributed by atoms with Crippen molar-refractivity contribution in [1.82, 2.24) is 9.29 Å². The molecule has 0 amide bonds. The first kappa shape index (κ1) is 25.6. The summed E-state index contributed by atoms with van der Waals surface area (Å²) in [6.07, 6.45) is -1.24. The zero-order valence-corrected chi connectivity index (χ0v) is 22.0. The number of Topliss-reactive ketones (excluding diaryl/α,β-unsaturated/α-hetero) is 1. The first-order valence-electron chi connectivity index (χ1n) is 12.9. The number of ketones is 1. The van der Waals surface area contributed by atoms with Crippen LogP contribution in [0.3, 0.4) is 0 Å². The van der Waals surface area contributed by atoms with Gasteiger partial charge in [0.15, 0.2) is 5.58 Å². The van der Waals surface area contributed by atoms with Crippen LogP contribution in [-0.4, -0.2) is 35.8 Å². The average Bonchev–Trinajstić information content (AvgIpc) is 3.59. The zero-order chi connectivity index (χ0) is 27.1. The number of alkyl halides is 3. The molecule has 2 unspecified atom stereocenters. The Morgan fingerprint density at radius 1 is 1.08 bits per heavy atom. The van der Waals surface area contributed by atoms with Crippen LogP contribution in [0.25, 0.3) is 22.2 Å². The van der Waals surface area contributed by atoms with Crippen molar-refractivity contribution >= 4 is 26.9 Å². The van der Waals surface area contributed by atoms with Gasteiger partial charge in [0, 0.05) is 18.4 Å².